The van der Waals surface area contributed by atoms with Crippen LogP contribution in [0.2, 0.25) is 0 Å². The zero-order chi connectivity index (χ0) is 13.9. The molecule has 1 aliphatic carbocycles. The molecule has 2 N–H and O–H groups in total. The van der Waals surface area contributed by atoms with Gasteiger partial charge in [0.15, 0.2) is 0 Å². The van der Waals surface area contributed by atoms with Crippen LogP contribution in [-0.4, -0.2) is 31.7 Å². The van der Waals surface area contributed by atoms with E-state index < -0.39 is 0 Å². The molecule has 0 saturated heterocycles. The molecule has 1 saturated carbocycles. The van der Waals surface area contributed by atoms with Crippen molar-refractivity contribution in [1.82, 2.24) is 5.32 Å². The van der Waals surface area contributed by atoms with E-state index in [0.717, 1.165) is 37.9 Å². The molecule has 0 spiro atoms. The summed E-state index contributed by atoms with van der Waals surface area (Å²) in [5, 5.41) is 6.18. The van der Waals surface area contributed by atoms with Crippen molar-refractivity contribution in [3.05, 3.63) is 29.8 Å². The summed E-state index contributed by atoms with van der Waals surface area (Å²) in [6.07, 6.45) is 3.76. The molecule has 4 nitrogen and oxygen atoms in total. The highest BCUT2D eigenvalue weighted by Crippen LogP contribution is 2.32. The number of amides is 1. The third-order valence-corrected chi connectivity index (χ3v) is 4.29. The highest BCUT2D eigenvalue weighted by molar-refractivity contribution is 5.95. The highest BCUT2D eigenvalue weighted by atomic mass is 16.5. The van der Waals surface area contributed by atoms with Gasteiger partial charge in [-0.2, -0.15) is 0 Å². The highest BCUT2D eigenvalue weighted by Gasteiger charge is 2.34. The van der Waals surface area contributed by atoms with Crippen LogP contribution in [-0.2, 0) is 16.0 Å². The largest absolute Gasteiger partial charge is 0.365 e. The number of hydrogen-bond acceptors (Lipinski definition) is 3. The Labute approximate surface area is 119 Å². The van der Waals surface area contributed by atoms with Crippen LogP contribution in [0.5, 0.6) is 0 Å². The van der Waals surface area contributed by atoms with Crippen molar-refractivity contribution in [3.63, 3.8) is 0 Å². The number of anilines is 1. The van der Waals surface area contributed by atoms with Gasteiger partial charge in [0.25, 0.3) is 5.91 Å². The second kappa shape index (κ2) is 5.94. The summed E-state index contributed by atoms with van der Waals surface area (Å²) in [6, 6.07) is 8.00. The number of fused-ring (bicyclic) bond motifs is 1. The van der Waals surface area contributed by atoms with Gasteiger partial charge in [-0.3, -0.25) is 4.79 Å². The van der Waals surface area contributed by atoms with Gasteiger partial charge in [-0.15, -0.1) is 0 Å². The zero-order valence-corrected chi connectivity index (χ0v) is 11.9. The maximum atomic E-state index is 12.2. The van der Waals surface area contributed by atoms with Crippen molar-refractivity contribution < 1.29 is 9.53 Å². The fourth-order valence-corrected chi connectivity index (χ4v) is 3.09. The number of nitrogens with one attached hydrogen (secondary N) is 2. The maximum absolute atomic E-state index is 12.2. The van der Waals surface area contributed by atoms with Crippen molar-refractivity contribution >= 4 is 11.6 Å². The minimum absolute atomic E-state index is 0.00650. The SMILES string of the molecule is CNCC1CC(OC2CCc3ccccc3NC2=O)C1. The minimum atomic E-state index is -0.303. The van der Waals surface area contributed by atoms with Crippen LogP contribution in [0.3, 0.4) is 0 Å². The van der Waals surface area contributed by atoms with Crippen LogP contribution in [0, 0.1) is 5.92 Å². The Kier molecular flexibility index (Phi) is 4.03. The van der Waals surface area contributed by atoms with Gasteiger partial charge in [0.2, 0.25) is 0 Å². The Morgan fingerprint density at radius 1 is 1.35 bits per heavy atom. The summed E-state index contributed by atoms with van der Waals surface area (Å²) in [6.45, 7) is 1.04. The van der Waals surface area contributed by atoms with Gasteiger partial charge >= 0.3 is 0 Å². The Balaban J connectivity index is 1.56. The third kappa shape index (κ3) is 2.86. The molecule has 1 unspecified atom stereocenters. The molecule has 108 valence electrons. The predicted molar refractivity (Wildman–Crippen MR) is 78.7 cm³/mol. The lowest BCUT2D eigenvalue weighted by Crippen LogP contribution is -2.42. The Hall–Kier alpha value is -1.39. The number of carbonyl (C=O) groups excluding carboxylic acids is 1. The summed E-state index contributed by atoms with van der Waals surface area (Å²) in [5.41, 5.74) is 2.14. The fourth-order valence-electron chi connectivity index (χ4n) is 3.09. The quantitative estimate of drug-likeness (QED) is 0.882. The molecule has 1 heterocycles. The summed E-state index contributed by atoms with van der Waals surface area (Å²) >= 11 is 0. The van der Waals surface area contributed by atoms with Gasteiger partial charge in [0.1, 0.15) is 6.10 Å². The number of carbonyl (C=O) groups is 1. The first-order valence-electron chi connectivity index (χ1n) is 7.45. The Morgan fingerprint density at radius 2 is 2.15 bits per heavy atom. The van der Waals surface area contributed by atoms with E-state index in [9.17, 15) is 4.79 Å². The van der Waals surface area contributed by atoms with Crippen LogP contribution in [0.15, 0.2) is 24.3 Å². The van der Waals surface area contributed by atoms with Crippen LogP contribution >= 0.6 is 0 Å². The minimum Gasteiger partial charge on any atom is -0.365 e. The number of aryl methyl sites for hydroxylation is 1. The molecule has 0 radical (unpaired) electrons. The number of hydrogen-bond donors (Lipinski definition) is 2. The third-order valence-electron chi connectivity index (χ3n) is 4.29. The Morgan fingerprint density at radius 3 is 2.95 bits per heavy atom. The van der Waals surface area contributed by atoms with E-state index in [-0.39, 0.29) is 18.1 Å². The topological polar surface area (TPSA) is 50.4 Å². The molecule has 20 heavy (non-hydrogen) atoms. The second-order valence-corrected chi connectivity index (χ2v) is 5.83. The first-order chi connectivity index (χ1) is 9.76. The summed E-state index contributed by atoms with van der Waals surface area (Å²) in [4.78, 5) is 12.2. The average Bonchev–Trinajstić information content (AvgIpc) is 2.56. The zero-order valence-electron chi connectivity index (χ0n) is 11.9. The van der Waals surface area contributed by atoms with Crippen molar-refractivity contribution in [3.8, 4) is 0 Å². The van der Waals surface area contributed by atoms with E-state index in [0.29, 0.717) is 5.92 Å². The van der Waals surface area contributed by atoms with E-state index in [2.05, 4.69) is 16.7 Å². The van der Waals surface area contributed by atoms with Gasteiger partial charge in [0, 0.05) is 5.69 Å². The summed E-state index contributed by atoms with van der Waals surface area (Å²) in [5.74, 6) is 0.711. The fraction of sp³-hybridized carbons (Fsp3) is 0.562. The van der Waals surface area contributed by atoms with Gasteiger partial charge < -0.3 is 15.4 Å². The van der Waals surface area contributed by atoms with Gasteiger partial charge in [-0.1, -0.05) is 18.2 Å². The lowest BCUT2D eigenvalue weighted by atomic mass is 9.82. The summed E-state index contributed by atoms with van der Waals surface area (Å²) in [7, 11) is 1.98. The number of para-hydroxylation sites is 1. The molecular formula is C16H22N2O2. The molecule has 1 fully saturated rings. The molecule has 4 heteroatoms. The molecule has 1 aliphatic heterocycles. The van der Waals surface area contributed by atoms with Crippen molar-refractivity contribution in [2.24, 2.45) is 5.92 Å². The van der Waals surface area contributed by atoms with E-state index in [4.69, 9.17) is 4.74 Å². The molecule has 2 aliphatic rings. The molecule has 1 atom stereocenters. The number of rotatable bonds is 4. The van der Waals surface area contributed by atoms with Crippen LogP contribution in [0.4, 0.5) is 5.69 Å². The van der Waals surface area contributed by atoms with Crippen LogP contribution in [0.1, 0.15) is 24.8 Å². The van der Waals surface area contributed by atoms with Gasteiger partial charge in [-0.05, 0) is 56.8 Å². The summed E-state index contributed by atoms with van der Waals surface area (Å²) < 4.78 is 5.99. The van der Waals surface area contributed by atoms with E-state index >= 15 is 0 Å². The molecule has 0 aromatic heterocycles. The standard InChI is InChI=1S/C16H22N2O2/c1-17-10-11-8-13(9-11)20-15-7-6-12-4-2-3-5-14(12)18-16(15)19/h2-5,11,13,15,17H,6-10H2,1H3,(H,18,19). The monoisotopic (exact) mass is 274 g/mol. The lowest BCUT2D eigenvalue weighted by molar-refractivity contribution is -0.138. The first kappa shape index (κ1) is 13.6. The van der Waals surface area contributed by atoms with Gasteiger partial charge in [0.05, 0.1) is 6.10 Å². The molecule has 0 bridgehead atoms. The van der Waals surface area contributed by atoms with Crippen LogP contribution < -0.4 is 10.6 Å². The molecule has 1 aromatic carbocycles. The first-order valence-corrected chi connectivity index (χ1v) is 7.45. The lowest BCUT2D eigenvalue weighted by Gasteiger charge is -2.36. The van der Waals surface area contributed by atoms with E-state index in [1.54, 1.807) is 0 Å². The predicted octanol–water partition coefficient (Wildman–Crippen LogP) is 1.95. The van der Waals surface area contributed by atoms with Crippen molar-refractivity contribution in [1.29, 1.82) is 0 Å². The van der Waals surface area contributed by atoms with Crippen LogP contribution in [0.25, 0.3) is 0 Å². The smallest absolute Gasteiger partial charge is 0.253 e. The van der Waals surface area contributed by atoms with Crippen molar-refractivity contribution in [2.75, 3.05) is 18.9 Å². The van der Waals surface area contributed by atoms with E-state index in [1.807, 2.05) is 25.2 Å². The molecule has 3 rings (SSSR count). The number of benzene rings is 1. The number of ether oxygens (including phenoxy) is 1. The van der Waals surface area contributed by atoms with Gasteiger partial charge in [-0.25, -0.2) is 0 Å². The normalized spacial score (nSPS) is 29.1. The van der Waals surface area contributed by atoms with E-state index in [1.165, 1.54) is 5.56 Å². The Bertz CT molecular complexity index is 483. The molecule has 1 amide bonds. The second-order valence-electron chi connectivity index (χ2n) is 5.83. The average molecular weight is 274 g/mol. The van der Waals surface area contributed by atoms with Crippen molar-refractivity contribution in [2.45, 2.75) is 37.9 Å². The maximum Gasteiger partial charge on any atom is 0.253 e. The molecule has 1 aromatic rings. The molecular weight excluding hydrogens is 252 g/mol.